The molecule has 1 heterocycles. The lowest BCUT2D eigenvalue weighted by molar-refractivity contribution is 0.195. The van der Waals surface area contributed by atoms with E-state index in [1.165, 1.54) is 28.6 Å². The second-order valence-corrected chi connectivity index (χ2v) is 4.71. The third kappa shape index (κ3) is 3.05. The lowest BCUT2D eigenvalue weighted by atomic mass is 10.3. The summed E-state index contributed by atoms with van der Waals surface area (Å²) in [6.07, 6.45) is 0.279. The number of aromatic nitrogens is 4. The molecule has 0 unspecified atom stereocenters. The van der Waals surface area contributed by atoms with Crippen LogP contribution in [0.15, 0.2) is 29.4 Å². The average molecular weight is 268 g/mol. The van der Waals surface area contributed by atoms with Crippen LogP contribution >= 0.6 is 11.8 Å². The second-order valence-electron chi connectivity index (χ2n) is 3.73. The molecule has 1 atom stereocenters. The smallest absolute Gasteiger partial charge is 0.214 e. The number of benzene rings is 1. The Morgan fingerprint density at radius 1 is 1.50 bits per heavy atom. The van der Waals surface area contributed by atoms with Gasteiger partial charge in [0, 0.05) is 5.75 Å². The standard InChI is InChI=1S/C11H13FN4OS/c1-2-10(17)7-18-11-13-14-15-16(11)9-5-3-4-8(12)6-9/h3-6,10,17H,2,7H2,1H3/t10-/m0/s1. The van der Waals surface area contributed by atoms with Gasteiger partial charge in [0.2, 0.25) is 5.16 Å². The predicted octanol–water partition coefficient (Wildman–Crippen LogP) is 1.66. The molecule has 5 nitrogen and oxygen atoms in total. The van der Waals surface area contributed by atoms with Crippen molar-refractivity contribution in [1.82, 2.24) is 20.2 Å². The molecule has 96 valence electrons. The third-order valence-corrected chi connectivity index (χ3v) is 3.43. The maximum Gasteiger partial charge on any atom is 0.214 e. The van der Waals surface area contributed by atoms with Gasteiger partial charge >= 0.3 is 0 Å². The minimum Gasteiger partial charge on any atom is -0.392 e. The summed E-state index contributed by atoms with van der Waals surface area (Å²) >= 11 is 1.34. The summed E-state index contributed by atoms with van der Waals surface area (Å²) in [6, 6.07) is 6.04. The Kier molecular flexibility index (Phi) is 4.27. The fourth-order valence-electron chi connectivity index (χ4n) is 1.33. The van der Waals surface area contributed by atoms with Gasteiger partial charge in [0.1, 0.15) is 5.82 Å². The quantitative estimate of drug-likeness (QED) is 0.836. The van der Waals surface area contributed by atoms with Crippen LogP contribution in [0, 0.1) is 5.82 Å². The van der Waals surface area contributed by atoms with Crippen LogP contribution in [0.4, 0.5) is 4.39 Å². The van der Waals surface area contributed by atoms with E-state index in [2.05, 4.69) is 15.5 Å². The van der Waals surface area contributed by atoms with Crippen LogP contribution in [-0.2, 0) is 0 Å². The Morgan fingerprint density at radius 3 is 3.06 bits per heavy atom. The highest BCUT2D eigenvalue weighted by Gasteiger charge is 2.11. The highest BCUT2D eigenvalue weighted by Crippen LogP contribution is 2.19. The van der Waals surface area contributed by atoms with E-state index in [0.29, 0.717) is 23.0 Å². The van der Waals surface area contributed by atoms with E-state index >= 15 is 0 Å². The van der Waals surface area contributed by atoms with Crippen LogP contribution in [0.3, 0.4) is 0 Å². The van der Waals surface area contributed by atoms with Crippen molar-refractivity contribution in [3.63, 3.8) is 0 Å². The van der Waals surface area contributed by atoms with Gasteiger partial charge in [0.05, 0.1) is 11.8 Å². The molecule has 0 saturated carbocycles. The zero-order valence-electron chi connectivity index (χ0n) is 9.82. The SMILES string of the molecule is CC[C@H](O)CSc1nnnn1-c1cccc(F)c1. The molecule has 2 aromatic rings. The van der Waals surface area contributed by atoms with Gasteiger partial charge in [0.15, 0.2) is 0 Å². The van der Waals surface area contributed by atoms with E-state index < -0.39 is 6.10 Å². The van der Waals surface area contributed by atoms with Gasteiger partial charge in [0.25, 0.3) is 0 Å². The van der Waals surface area contributed by atoms with Gasteiger partial charge < -0.3 is 5.11 Å². The van der Waals surface area contributed by atoms with Crippen LogP contribution in [0.2, 0.25) is 0 Å². The third-order valence-electron chi connectivity index (χ3n) is 2.37. The Balaban J connectivity index is 2.17. The number of rotatable bonds is 5. The molecule has 0 aliphatic heterocycles. The second kappa shape index (κ2) is 5.92. The van der Waals surface area contributed by atoms with Crippen molar-refractivity contribution < 1.29 is 9.50 Å². The molecular weight excluding hydrogens is 255 g/mol. The highest BCUT2D eigenvalue weighted by molar-refractivity contribution is 7.99. The molecule has 0 radical (unpaired) electrons. The molecule has 1 aromatic carbocycles. The van der Waals surface area contributed by atoms with E-state index in [1.54, 1.807) is 12.1 Å². The molecule has 1 N–H and O–H groups in total. The largest absolute Gasteiger partial charge is 0.392 e. The normalized spacial score (nSPS) is 12.6. The molecule has 18 heavy (non-hydrogen) atoms. The Bertz CT molecular complexity index is 519. The first-order valence-electron chi connectivity index (χ1n) is 5.56. The summed E-state index contributed by atoms with van der Waals surface area (Å²) in [7, 11) is 0. The van der Waals surface area contributed by atoms with Crippen LogP contribution in [0.25, 0.3) is 5.69 Å². The predicted molar refractivity (Wildman–Crippen MR) is 66.1 cm³/mol. The summed E-state index contributed by atoms with van der Waals surface area (Å²) in [5, 5.41) is 21.3. The van der Waals surface area contributed by atoms with Crippen LogP contribution in [0.5, 0.6) is 0 Å². The summed E-state index contributed by atoms with van der Waals surface area (Å²) in [5.41, 5.74) is 0.563. The molecule has 0 spiro atoms. The van der Waals surface area contributed by atoms with Crippen LogP contribution in [-0.4, -0.2) is 37.2 Å². The zero-order valence-corrected chi connectivity index (χ0v) is 10.6. The number of tetrazole rings is 1. The minimum absolute atomic E-state index is 0.340. The van der Waals surface area contributed by atoms with Crippen molar-refractivity contribution >= 4 is 11.8 Å². The van der Waals surface area contributed by atoms with E-state index in [-0.39, 0.29) is 5.82 Å². The number of halogens is 1. The van der Waals surface area contributed by atoms with Crippen molar-refractivity contribution in [3.8, 4) is 5.69 Å². The first-order chi connectivity index (χ1) is 8.70. The van der Waals surface area contributed by atoms with Crippen LogP contribution in [0.1, 0.15) is 13.3 Å². The molecule has 2 rings (SSSR count). The summed E-state index contributed by atoms with van der Waals surface area (Å²) in [6.45, 7) is 1.90. The fraction of sp³-hybridized carbons (Fsp3) is 0.364. The summed E-state index contributed by atoms with van der Waals surface area (Å²) in [5.74, 6) is 0.166. The average Bonchev–Trinajstić information content (AvgIpc) is 2.84. The Hall–Kier alpha value is -1.47. The molecule has 0 fully saturated rings. The minimum atomic E-state index is -0.396. The lowest BCUT2D eigenvalue weighted by Gasteiger charge is -2.07. The van der Waals surface area contributed by atoms with Gasteiger partial charge in [-0.2, -0.15) is 4.68 Å². The lowest BCUT2D eigenvalue weighted by Crippen LogP contribution is -2.08. The van der Waals surface area contributed by atoms with Gasteiger partial charge in [-0.15, -0.1) is 5.10 Å². The van der Waals surface area contributed by atoms with E-state index in [1.807, 2.05) is 6.92 Å². The van der Waals surface area contributed by atoms with E-state index in [0.717, 1.165) is 0 Å². The maximum atomic E-state index is 13.1. The number of hydrogen-bond donors (Lipinski definition) is 1. The number of nitrogens with zero attached hydrogens (tertiary/aromatic N) is 4. The van der Waals surface area contributed by atoms with Gasteiger partial charge in [-0.3, -0.25) is 0 Å². The van der Waals surface area contributed by atoms with Crippen molar-refractivity contribution in [3.05, 3.63) is 30.1 Å². The van der Waals surface area contributed by atoms with Gasteiger partial charge in [-0.25, -0.2) is 4.39 Å². The molecule has 7 heteroatoms. The van der Waals surface area contributed by atoms with Gasteiger partial charge in [-0.05, 0) is 35.0 Å². The Labute approximate surface area is 108 Å². The van der Waals surface area contributed by atoms with Crippen molar-refractivity contribution in [2.45, 2.75) is 24.6 Å². The molecule has 0 aliphatic rings. The fourth-order valence-corrected chi connectivity index (χ4v) is 2.26. The molecule has 0 amide bonds. The molecular formula is C11H13FN4OS. The first kappa shape index (κ1) is 13.0. The van der Waals surface area contributed by atoms with E-state index in [4.69, 9.17) is 0 Å². The zero-order chi connectivity index (χ0) is 13.0. The van der Waals surface area contributed by atoms with Crippen molar-refractivity contribution in [2.75, 3.05) is 5.75 Å². The molecule has 0 saturated heterocycles. The van der Waals surface area contributed by atoms with Gasteiger partial charge in [-0.1, -0.05) is 24.8 Å². The summed E-state index contributed by atoms with van der Waals surface area (Å²) in [4.78, 5) is 0. The highest BCUT2D eigenvalue weighted by atomic mass is 32.2. The molecule has 1 aromatic heterocycles. The number of thioether (sulfide) groups is 1. The summed E-state index contributed by atoms with van der Waals surface area (Å²) < 4.78 is 14.6. The Morgan fingerprint density at radius 2 is 2.33 bits per heavy atom. The number of hydrogen-bond acceptors (Lipinski definition) is 5. The van der Waals surface area contributed by atoms with Crippen molar-refractivity contribution in [1.29, 1.82) is 0 Å². The van der Waals surface area contributed by atoms with E-state index in [9.17, 15) is 9.50 Å². The number of aliphatic hydroxyl groups is 1. The maximum absolute atomic E-state index is 13.1. The van der Waals surface area contributed by atoms with Crippen molar-refractivity contribution in [2.24, 2.45) is 0 Å². The monoisotopic (exact) mass is 268 g/mol. The number of aliphatic hydroxyl groups excluding tert-OH is 1. The molecule has 0 aliphatic carbocycles. The first-order valence-corrected chi connectivity index (χ1v) is 6.54. The topological polar surface area (TPSA) is 63.8 Å². The molecule has 0 bridgehead atoms. The van der Waals surface area contributed by atoms with Crippen LogP contribution < -0.4 is 0 Å².